The highest BCUT2D eigenvalue weighted by Crippen LogP contribution is 2.17. The highest BCUT2D eigenvalue weighted by atomic mass is 35.5. The van der Waals surface area contributed by atoms with Crippen LogP contribution in [0.3, 0.4) is 0 Å². The van der Waals surface area contributed by atoms with E-state index in [1.165, 1.54) is 17.2 Å². The van der Waals surface area contributed by atoms with Crippen LogP contribution in [0.1, 0.15) is 38.8 Å². The number of anilines is 5. The molecule has 7 aromatic rings. The molecule has 7 N–H and O–H groups in total. The molecule has 0 saturated carbocycles. The minimum Gasteiger partial charge on any atom is -0.364 e. The number of aryl methyl sites for hydroxylation is 4. The molecule has 0 atom stereocenters. The molecule has 258 valence electrons. The fourth-order valence-corrected chi connectivity index (χ4v) is 4.96. The van der Waals surface area contributed by atoms with Gasteiger partial charge < -0.3 is 26.2 Å². The first kappa shape index (κ1) is 34.3. The van der Waals surface area contributed by atoms with Gasteiger partial charge in [0.2, 0.25) is 11.2 Å². The van der Waals surface area contributed by atoms with E-state index in [2.05, 4.69) is 85.7 Å². The molecule has 5 heterocycles. The van der Waals surface area contributed by atoms with E-state index >= 15 is 0 Å². The lowest BCUT2D eigenvalue weighted by Crippen LogP contribution is -2.10. The van der Waals surface area contributed by atoms with Crippen molar-refractivity contribution in [3.8, 4) is 0 Å². The van der Waals surface area contributed by atoms with E-state index in [9.17, 15) is 4.79 Å². The standard InChI is InChI=1S/C20H20N8O2.C15H14ClN5/c21-19(29)16-11-15(30-28-16)12-23-20-22-9-8-17(25-20)24-18-10-14(26-27-18)7-6-13-4-2-1-3-5-13;16-15-17-9-8-13(19-15)18-14-10-12(20-21-14)7-6-11-4-2-1-3-5-11/h1-5,8-11H,6-7,12H2,(H2,21,29)(H3,22,23,24,25,26,27);1-5,8-10H,6-7H2,(H2,17,18,19,20,21). The molecule has 16 heteroatoms. The van der Waals surface area contributed by atoms with Crippen LogP contribution in [0.25, 0.3) is 0 Å². The average molecular weight is 704 g/mol. The molecule has 51 heavy (non-hydrogen) atoms. The molecule has 0 fully saturated rings. The van der Waals surface area contributed by atoms with Gasteiger partial charge in [-0.05, 0) is 60.5 Å². The van der Waals surface area contributed by atoms with Crippen molar-refractivity contribution in [2.75, 3.05) is 16.0 Å². The normalized spacial score (nSPS) is 10.6. The quantitative estimate of drug-likeness (QED) is 0.0740. The van der Waals surface area contributed by atoms with Gasteiger partial charge in [0.1, 0.15) is 11.6 Å². The van der Waals surface area contributed by atoms with Crippen LogP contribution in [0.2, 0.25) is 5.28 Å². The maximum absolute atomic E-state index is 11.1. The summed E-state index contributed by atoms with van der Waals surface area (Å²) in [6.45, 7) is 0.260. The van der Waals surface area contributed by atoms with E-state index in [4.69, 9.17) is 21.9 Å². The maximum Gasteiger partial charge on any atom is 0.270 e. The second-order valence-electron chi connectivity index (χ2n) is 11.2. The molecular weight excluding hydrogens is 670 g/mol. The second kappa shape index (κ2) is 17.2. The first-order valence-electron chi connectivity index (χ1n) is 16.0. The Kier molecular flexibility index (Phi) is 11.5. The van der Waals surface area contributed by atoms with E-state index in [0.717, 1.165) is 37.1 Å². The predicted octanol–water partition coefficient (Wildman–Crippen LogP) is 5.81. The van der Waals surface area contributed by atoms with Gasteiger partial charge in [0, 0.05) is 42.0 Å². The Morgan fingerprint density at radius 3 is 1.82 bits per heavy atom. The van der Waals surface area contributed by atoms with Crippen molar-refractivity contribution in [1.82, 2.24) is 45.5 Å². The minimum atomic E-state index is -0.644. The fraction of sp³-hybridized carbons (Fsp3) is 0.143. The van der Waals surface area contributed by atoms with Gasteiger partial charge in [0.05, 0.1) is 6.54 Å². The molecule has 1 amide bonds. The first-order chi connectivity index (χ1) is 24.9. The summed E-state index contributed by atoms with van der Waals surface area (Å²) in [7, 11) is 0. The molecule has 0 aliphatic carbocycles. The van der Waals surface area contributed by atoms with Crippen molar-refractivity contribution in [3.05, 3.63) is 143 Å². The summed E-state index contributed by atoms with van der Waals surface area (Å²) in [6.07, 6.45) is 6.89. The number of carbonyl (C=O) groups excluding carboxylic acids is 1. The number of amides is 1. The monoisotopic (exact) mass is 703 g/mol. The number of H-pyrrole nitrogens is 2. The first-order valence-corrected chi connectivity index (χ1v) is 16.3. The van der Waals surface area contributed by atoms with Crippen molar-refractivity contribution in [1.29, 1.82) is 0 Å². The Balaban J connectivity index is 0.000000187. The summed E-state index contributed by atoms with van der Waals surface area (Å²) in [5.74, 6) is 2.78. The van der Waals surface area contributed by atoms with Gasteiger partial charge in [-0.2, -0.15) is 15.2 Å². The van der Waals surface area contributed by atoms with Crippen LogP contribution in [-0.4, -0.2) is 51.4 Å². The molecule has 0 unspecified atom stereocenters. The van der Waals surface area contributed by atoms with Crippen molar-refractivity contribution in [2.24, 2.45) is 5.73 Å². The van der Waals surface area contributed by atoms with E-state index in [1.807, 2.05) is 48.5 Å². The average Bonchev–Trinajstić information content (AvgIpc) is 3.93. The lowest BCUT2D eigenvalue weighted by atomic mass is 10.1. The van der Waals surface area contributed by atoms with Gasteiger partial charge >= 0.3 is 0 Å². The highest BCUT2D eigenvalue weighted by Gasteiger charge is 2.10. The number of hydrogen-bond acceptors (Lipinski definition) is 12. The SMILES string of the molecule is Clc1nccc(Nc2cc(CCc3ccccc3)[nH]n2)n1.NC(=O)c1cc(CNc2nccc(Nc3cc(CCc4ccccc4)[nH]n3)n2)on1. The number of nitrogens with zero attached hydrogens (tertiary/aromatic N) is 7. The summed E-state index contributed by atoms with van der Waals surface area (Å²) < 4.78 is 5.03. The van der Waals surface area contributed by atoms with Crippen LogP contribution in [0, 0.1) is 0 Å². The van der Waals surface area contributed by atoms with Gasteiger partial charge in [-0.1, -0.05) is 65.8 Å². The van der Waals surface area contributed by atoms with Gasteiger partial charge in [-0.3, -0.25) is 15.0 Å². The molecule has 5 aromatic heterocycles. The Hall–Kier alpha value is -6.61. The zero-order valence-corrected chi connectivity index (χ0v) is 28.0. The second-order valence-corrected chi connectivity index (χ2v) is 11.5. The molecule has 7 rings (SSSR count). The number of aromatic amines is 2. The molecule has 2 aromatic carbocycles. The third kappa shape index (κ3) is 10.7. The Morgan fingerprint density at radius 1 is 0.706 bits per heavy atom. The zero-order chi connectivity index (χ0) is 35.3. The van der Waals surface area contributed by atoms with E-state index in [-0.39, 0.29) is 17.5 Å². The molecule has 0 radical (unpaired) electrons. The summed E-state index contributed by atoms with van der Waals surface area (Å²) in [5.41, 5.74) is 9.92. The van der Waals surface area contributed by atoms with E-state index < -0.39 is 5.91 Å². The van der Waals surface area contributed by atoms with Crippen LogP contribution in [-0.2, 0) is 32.2 Å². The van der Waals surface area contributed by atoms with Gasteiger partial charge in [0.25, 0.3) is 5.91 Å². The summed E-state index contributed by atoms with van der Waals surface area (Å²) in [6, 6.07) is 29.5. The van der Waals surface area contributed by atoms with Crippen molar-refractivity contribution >= 4 is 46.7 Å². The number of nitrogens with two attached hydrogens (primary N) is 1. The summed E-state index contributed by atoms with van der Waals surface area (Å²) in [4.78, 5) is 27.5. The number of aromatic nitrogens is 9. The summed E-state index contributed by atoms with van der Waals surface area (Å²) >= 11 is 5.74. The number of halogens is 1. The predicted molar refractivity (Wildman–Crippen MR) is 193 cm³/mol. The van der Waals surface area contributed by atoms with Crippen LogP contribution in [0.15, 0.2) is 108 Å². The molecule has 0 bridgehead atoms. The number of primary amides is 1. The number of rotatable bonds is 14. The number of nitrogens with one attached hydrogen (secondary N) is 5. The van der Waals surface area contributed by atoms with Crippen LogP contribution in [0.4, 0.5) is 29.2 Å². The third-order valence-electron chi connectivity index (χ3n) is 7.34. The van der Waals surface area contributed by atoms with Gasteiger partial charge in [-0.25, -0.2) is 15.0 Å². The van der Waals surface area contributed by atoms with Crippen molar-refractivity contribution in [3.63, 3.8) is 0 Å². The number of hydrogen-bond donors (Lipinski definition) is 6. The summed E-state index contributed by atoms with van der Waals surface area (Å²) in [5, 5.41) is 27.6. The van der Waals surface area contributed by atoms with Crippen LogP contribution < -0.4 is 21.7 Å². The molecule has 0 spiro atoms. The Morgan fingerprint density at radius 2 is 1.27 bits per heavy atom. The van der Waals surface area contributed by atoms with Crippen LogP contribution in [0.5, 0.6) is 0 Å². The number of carbonyl (C=O) groups is 1. The fourth-order valence-electron chi connectivity index (χ4n) is 4.81. The molecule has 0 aliphatic heterocycles. The topological polar surface area (TPSA) is 214 Å². The van der Waals surface area contributed by atoms with Gasteiger partial charge in [-0.15, -0.1) is 0 Å². The smallest absolute Gasteiger partial charge is 0.270 e. The lowest BCUT2D eigenvalue weighted by Gasteiger charge is -2.05. The Labute approximate surface area is 297 Å². The molecular formula is C35H34ClN13O2. The molecule has 15 nitrogen and oxygen atoms in total. The van der Waals surface area contributed by atoms with Crippen molar-refractivity contribution < 1.29 is 9.32 Å². The number of benzene rings is 2. The van der Waals surface area contributed by atoms with E-state index in [0.29, 0.717) is 35.0 Å². The zero-order valence-electron chi connectivity index (χ0n) is 27.3. The van der Waals surface area contributed by atoms with E-state index in [1.54, 1.807) is 24.5 Å². The molecule has 0 saturated heterocycles. The highest BCUT2D eigenvalue weighted by molar-refractivity contribution is 6.28. The lowest BCUT2D eigenvalue weighted by molar-refractivity contribution is 0.0991. The third-order valence-corrected chi connectivity index (χ3v) is 7.52. The van der Waals surface area contributed by atoms with Crippen molar-refractivity contribution in [2.45, 2.75) is 32.2 Å². The van der Waals surface area contributed by atoms with Gasteiger partial charge in [0.15, 0.2) is 23.1 Å². The van der Waals surface area contributed by atoms with Crippen LogP contribution >= 0.6 is 11.6 Å². The maximum atomic E-state index is 11.1. The minimum absolute atomic E-state index is 0.0738. The Bertz CT molecular complexity index is 2130. The largest absolute Gasteiger partial charge is 0.364 e. The molecule has 0 aliphatic rings.